The molecule has 8 nitrogen and oxygen atoms in total. The Morgan fingerprint density at radius 2 is 2.19 bits per heavy atom. The topological polar surface area (TPSA) is 109 Å². The van der Waals surface area contributed by atoms with Gasteiger partial charge in [0.25, 0.3) is 11.7 Å². The summed E-state index contributed by atoms with van der Waals surface area (Å²) in [5, 5.41) is 15.8. The van der Waals surface area contributed by atoms with Crippen LogP contribution in [0, 0.1) is 0 Å². The largest absolute Gasteiger partial charge is 0.481 e. The van der Waals surface area contributed by atoms with Crippen molar-refractivity contribution in [1.29, 1.82) is 0 Å². The molecule has 1 atom stereocenters. The van der Waals surface area contributed by atoms with Gasteiger partial charge in [-0.05, 0) is 32.2 Å². The summed E-state index contributed by atoms with van der Waals surface area (Å²) in [6, 6.07) is 0.135. The molecule has 2 aliphatic rings. The van der Waals surface area contributed by atoms with E-state index in [1.807, 2.05) is 0 Å². The van der Waals surface area contributed by atoms with Gasteiger partial charge in [0.05, 0.1) is 12.5 Å². The summed E-state index contributed by atoms with van der Waals surface area (Å²) in [6.07, 6.45) is 3.70. The Balaban J connectivity index is 1.68. The monoisotopic (exact) mass is 294 g/mol. The van der Waals surface area contributed by atoms with Crippen molar-refractivity contribution < 1.29 is 19.2 Å². The van der Waals surface area contributed by atoms with E-state index in [0.29, 0.717) is 5.89 Å². The van der Waals surface area contributed by atoms with E-state index in [2.05, 4.69) is 15.5 Å². The standard InChI is InChI=1S/C13H18N4O4/c18-10(19)5-7-17(8-3-4-8)13(20)11-15-12(21-16-11)9-2-1-6-14-9/h8-9,14H,1-7H2,(H,18,19). The summed E-state index contributed by atoms with van der Waals surface area (Å²) >= 11 is 0. The highest BCUT2D eigenvalue weighted by atomic mass is 16.5. The molecule has 21 heavy (non-hydrogen) atoms. The van der Waals surface area contributed by atoms with Gasteiger partial charge in [-0.2, -0.15) is 4.98 Å². The van der Waals surface area contributed by atoms with E-state index in [9.17, 15) is 9.59 Å². The second-order valence-electron chi connectivity index (χ2n) is 5.48. The van der Waals surface area contributed by atoms with Crippen LogP contribution in [0.3, 0.4) is 0 Å². The number of carboxylic acids is 1. The summed E-state index contributed by atoms with van der Waals surface area (Å²) in [7, 11) is 0. The average Bonchev–Trinajstić information content (AvgIpc) is 2.96. The molecule has 1 aliphatic carbocycles. The number of aliphatic carboxylic acids is 1. The maximum atomic E-state index is 12.4. The highest BCUT2D eigenvalue weighted by Gasteiger charge is 2.35. The molecule has 3 rings (SSSR count). The fourth-order valence-electron chi connectivity index (χ4n) is 2.54. The zero-order chi connectivity index (χ0) is 14.8. The molecule has 0 aromatic carbocycles. The van der Waals surface area contributed by atoms with Crippen LogP contribution >= 0.6 is 0 Å². The third-order valence-corrected chi connectivity index (χ3v) is 3.81. The van der Waals surface area contributed by atoms with Gasteiger partial charge in [-0.15, -0.1) is 0 Å². The Morgan fingerprint density at radius 3 is 2.81 bits per heavy atom. The molecule has 1 saturated heterocycles. The van der Waals surface area contributed by atoms with Crippen LogP contribution in [-0.2, 0) is 4.79 Å². The van der Waals surface area contributed by atoms with Gasteiger partial charge in [0.2, 0.25) is 5.89 Å². The zero-order valence-electron chi connectivity index (χ0n) is 11.6. The van der Waals surface area contributed by atoms with E-state index in [4.69, 9.17) is 9.63 Å². The van der Waals surface area contributed by atoms with Crippen molar-refractivity contribution in [3.05, 3.63) is 11.7 Å². The first kappa shape index (κ1) is 14.0. The molecule has 114 valence electrons. The van der Waals surface area contributed by atoms with E-state index in [1.165, 1.54) is 0 Å². The van der Waals surface area contributed by atoms with Crippen molar-refractivity contribution in [2.45, 2.75) is 44.2 Å². The lowest BCUT2D eigenvalue weighted by atomic mass is 10.2. The van der Waals surface area contributed by atoms with Crippen LogP contribution in [0.15, 0.2) is 4.52 Å². The summed E-state index contributed by atoms with van der Waals surface area (Å²) in [5.41, 5.74) is 0. The van der Waals surface area contributed by atoms with Crippen molar-refractivity contribution in [3.63, 3.8) is 0 Å². The number of carboxylic acid groups (broad SMARTS) is 1. The molecule has 0 bridgehead atoms. The lowest BCUT2D eigenvalue weighted by Crippen LogP contribution is -2.35. The minimum atomic E-state index is -0.919. The maximum absolute atomic E-state index is 12.4. The van der Waals surface area contributed by atoms with Gasteiger partial charge < -0.3 is 19.8 Å². The van der Waals surface area contributed by atoms with E-state index < -0.39 is 5.97 Å². The third-order valence-electron chi connectivity index (χ3n) is 3.81. The maximum Gasteiger partial charge on any atom is 0.305 e. The van der Waals surface area contributed by atoms with Gasteiger partial charge >= 0.3 is 5.97 Å². The normalized spacial score (nSPS) is 21.4. The minimum Gasteiger partial charge on any atom is -0.481 e. The molecule has 1 unspecified atom stereocenters. The number of aromatic nitrogens is 2. The highest BCUT2D eigenvalue weighted by Crippen LogP contribution is 2.28. The predicted octanol–water partition coefficient (Wildman–Crippen LogP) is 0.573. The first-order valence-corrected chi connectivity index (χ1v) is 7.25. The molecule has 1 aromatic rings. The van der Waals surface area contributed by atoms with E-state index in [0.717, 1.165) is 32.2 Å². The lowest BCUT2D eigenvalue weighted by Gasteiger charge is -2.19. The number of hydrogen-bond acceptors (Lipinski definition) is 6. The van der Waals surface area contributed by atoms with Crippen LogP contribution in [0.25, 0.3) is 0 Å². The van der Waals surface area contributed by atoms with Gasteiger partial charge in [-0.1, -0.05) is 5.16 Å². The molecular formula is C13H18N4O4. The average molecular weight is 294 g/mol. The summed E-state index contributed by atoms with van der Waals surface area (Å²) in [6.45, 7) is 1.09. The van der Waals surface area contributed by atoms with Crippen LogP contribution in [0.1, 0.15) is 54.7 Å². The minimum absolute atomic E-state index is 0.0208. The SMILES string of the molecule is O=C(O)CCN(C(=O)c1noc(C2CCCN2)n1)C1CC1. The smallest absolute Gasteiger partial charge is 0.305 e. The highest BCUT2D eigenvalue weighted by molar-refractivity contribution is 5.91. The lowest BCUT2D eigenvalue weighted by molar-refractivity contribution is -0.137. The van der Waals surface area contributed by atoms with Crippen LogP contribution in [0.4, 0.5) is 0 Å². The number of nitrogens with zero attached hydrogens (tertiary/aromatic N) is 3. The van der Waals surface area contributed by atoms with Crippen molar-refractivity contribution in [1.82, 2.24) is 20.4 Å². The van der Waals surface area contributed by atoms with Gasteiger partial charge in [-0.3, -0.25) is 9.59 Å². The Kier molecular flexibility index (Phi) is 3.87. The van der Waals surface area contributed by atoms with Crippen molar-refractivity contribution >= 4 is 11.9 Å². The molecule has 1 saturated carbocycles. The van der Waals surface area contributed by atoms with Crippen LogP contribution in [0.2, 0.25) is 0 Å². The predicted molar refractivity (Wildman–Crippen MR) is 70.6 cm³/mol. The summed E-state index contributed by atoms with van der Waals surface area (Å²) in [5.74, 6) is -0.801. The van der Waals surface area contributed by atoms with E-state index in [1.54, 1.807) is 4.90 Å². The van der Waals surface area contributed by atoms with Crippen molar-refractivity contribution in [2.24, 2.45) is 0 Å². The van der Waals surface area contributed by atoms with Crippen LogP contribution in [-0.4, -0.2) is 51.2 Å². The molecule has 0 radical (unpaired) electrons. The second kappa shape index (κ2) is 5.80. The Hall–Kier alpha value is -1.96. The molecule has 2 fully saturated rings. The fraction of sp³-hybridized carbons (Fsp3) is 0.692. The van der Waals surface area contributed by atoms with Gasteiger partial charge in [0.15, 0.2) is 0 Å². The molecule has 1 aliphatic heterocycles. The fourth-order valence-corrected chi connectivity index (χ4v) is 2.54. The van der Waals surface area contributed by atoms with Gasteiger partial charge in [0, 0.05) is 12.6 Å². The number of hydrogen-bond donors (Lipinski definition) is 2. The molecule has 8 heteroatoms. The Labute approximate surface area is 121 Å². The number of carbonyl (C=O) groups is 2. The number of amides is 1. The Morgan fingerprint density at radius 1 is 1.38 bits per heavy atom. The number of carbonyl (C=O) groups excluding carboxylic acids is 1. The van der Waals surface area contributed by atoms with E-state index >= 15 is 0 Å². The first-order valence-electron chi connectivity index (χ1n) is 7.25. The molecule has 2 heterocycles. The molecular weight excluding hydrogens is 276 g/mol. The van der Waals surface area contributed by atoms with Crippen LogP contribution in [0.5, 0.6) is 0 Å². The third kappa shape index (κ3) is 3.21. The number of rotatable bonds is 6. The van der Waals surface area contributed by atoms with Crippen molar-refractivity contribution in [2.75, 3.05) is 13.1 Å². The van der Waals surface area contributed by atoms with E-state index in [-0.39, 0.29) is 36.8 Å². The molecule has 1 aromatic heterocycles. The quantitative estimate of drug-likeness (QED) is 0.789. The van der Waals surface area contributed by atoms with Crippen LogP contribution < -0.4 is 5.32 Å². The molecule has 0 spiro atoms. The summed E-state index contributed by atoms with van der Waals surface area (Å²) in [4.78, 5) is 28.8. The molecule has 2 N–H and O–H groups in total. The van der Waals surface area contributed by atoms with Gasteiger partial charge in [0.1, 0.15) is 0 Å². The Bertz CT molecular complexity index is 534. The van der Waals surface area contributed by atoms with Crippen molar-refractivity contribution in [3.8, 4) is 0 Å². The zero-order valence-corrected chi connectivity index (χ0v) is 11.6. The van der Waals surface area contributed by atoms with Gasteiger partial charge in [-0.25, -0.2) is 0 Å². The first-order chi connectivity index (χ1) is 10.1. The summed E-state index contributed by atoms with van der Waals surface area (Å²) < 4.78 is 5.16. The molecule has 1 amide bonds. The second-order valence-corrected chi connectivity index (χ2v) is 5.48. The number of nitrogens with one attached hydrogen (secondary N) is 1.